The largest absolute Gasteiger partial charge is 0.656 e. The molecule has 0 fully saturated rings. The Bertz CT molecular complexity index is 873. The van der Waals surface area contributed by atoms with E-state index in [0.29, 0.717) is 27.6 Å². The Kier molecular flexibility index (Phi) is 2.93. The van der Waals surface area contributed by atoms with Crippen LogP contribution in [0, 0.1) is 5.41 Å². The Hall–Kier alpha value is -2.60. The SMILES string of the molecule is CC(C)(C)C(=O)[B-]12Oc3ccccc3C(=O)[NH+]1c1ccccc1O2. The van der Waals surface area contributed by atoms with Gasteiger partial charge in [0.1, 0.15) is 22.7 Å². The number of benzene rings is 2. The van der Waals surface area contributed by atoms with Crippen molar-refractivity contribution in [1.82, 2.24) is 0 Å². The van der Waals surface area contributed by atoms with Crippen LogP contribution in [-0.2, 0) is 4.79 Å². The van der Waals surface area contributed by atoms with E-state index >= 15 is 0 Å². The van der Waals surface area contributed by atoms with E-state index in [0.717, 1.165) is 0 Å². The molecule has 122 valence electrons. The third kappa shape index (κ3) is 1.86. The average molecular weight is 323 g/mol. The van der Waals surface area contributed by atoms with Crippen molar-refractivity contribution in [1.29, 1.82) is 0 Å². The minimum Gasteiger partial charge on any atom is -0.624 e. The van der Waals surface area contributed by atoms with Crippen LogP contribution >= 0.6 is 0 Å². The van der Waals surface area contributed by atoms with E-state index in [1.165, 1.54) is 0 Å². The van der Waals surface area contributed by atoms with Gasteiger partial charge in [-0.3, -0.25) is 0 Å². The van der Waals surface area contributed by atoms with E-state index in [-0.39, 0.29) is 11.6 Å². The van der Waals surface area contributed by atoms with Gasteiger partial charge >= 0.3 is 12.6 Å². The fourth-order valence-corrected chi connectivity index (χ4v) is 3.50. The predicted octanol–water partition coefficient (Wildman–Crippen LogP) is 1.92. The maximum absolute atomic E-state index is 13.3. The van der Waals surface area contributed by atoms with Crippen LogP contribution in [-0.4, -0.2) is 18.3 Å². The van der Waals surface area contributed by atoms with E-state index in [9.17, 15) is 9.59 Å². The maximum Gasteiger partial charge on any atom is 0.656 e. The number of hydrogen-bond acceptors (Lipinski definition) is 4. The Morgan fingerprint density at radius 3 is 2.25 bits per heavy atom. The number of fused-ring (bicyclic) bond motifs is 4. The van der Waals surface area contributed by atoms with Crippen LogP contribution in [0.3, 0.4) is 0 Å². The number of amides is 1. The van der Waals surface area contributed by atoms with Gasteiger partial charge in [0.05, 0.1) is 5.75 Å². The Labute approximate surface area is 140 Å². The second-order valence-electron chi connectivity index (χ2n) is 7.30. The Morgan fingerprint density at radius 2 is 1.54 bits per heavy atom. The monoisotopic (exact) mass is 323 g/mol. The van der Waals surface area contributed by atoms with Crippen LogP contribution in [0.2, 0.25) is 0 Å². The molecule has 1 N–H and O–H groups in total. The number of hydrogen-bond donors (Lipinski definition) is 1. The van der Waals surface area contributed by atoms with Gasteiger partial charge in [0.25, 0.3) is 0 Å². The summed E-state index contributed by atoms with van der Waals surface area (Å²) < 4.78 is 12.2. The van der Waals surface area contributed by atoms with Crippen molar-refractivity contribution >= 4 is 24.0 Å². The Morgan fingerprint density at radius 1 is 0.958 bits per heavy atom. The number of rotatable bonds is 1. The number of nitrogens with one attached hydrogen (secondary N) is 1. The maximum atomic E-state index is 13.3. The summed E-state index contributed by atoms with van der Waals surface area (Å²) in [6.45, 7) is 2.88. The molecule has 5 nitrogen and oxygen atoms in total. The molecule has 2 aromatic rings. The van der Waals surface area contributed by atoms with Crippen LogP contribution in [0.4, 0.5) is 5.69 Å². The number of quaternary nitrogens is 1. The first-order chi connectivity index (χ1) is 11.3. The first-order valence-electron chi connectivity index (χ1n) is 8.02. The van der Waals surface area contributed by atoms with Crippen LogP contribution in [0.5, 0.6) is 11.5 Å². The molecule has 2 aliphatic heterocycles. The van der Waals surface area contributed by atoms with E-state index < -0.39 is 12.1 Å². The zero-order valence-corrected chi connectivity index (χ0v) is 13.8. The van der Waals surface area contributed by atoms with Crippen molar-refractivity contribution in [2.45, 2.75) is 20.8 Å². The lowest BCUT2D eigenvalue weighted by atomic mass is 9.55. The highest BCUT2D eigenvalue weighted by atomic mass is 16.6. The Balaban J connectivity index is 1.97. The number of carbonyl (C=O) groups excluding carboxylic acids is 2. The van der Waals surface area contributed by atoms with Crippen molar-refractivity contribution < 1.29 is 23.7 Å². The molecule has 6 heteroatoms. The standard InChI is InChI=1S/C18H18BNO4/c1-18(2,3)17(22)19-20(13-9-5-7-11-15(13)24-19)16(21)12-8-4-6-10-14(12)23-19/h4-11,20H,1-3H3. The molecular formula is C18H18BNO4. The highest BCUT2D eigenvalue weighted by molar-refractivity contribution is 6.94. The molecule has 2 aromatic carbocycles. The minimum absolute atomic E-state index is 0.195. The molecule has 0 aromatic heterocycles. The number of carbonyl (C=O) groups is 2. The summed E-state index contributed by atoms with van der Waals surface area (Å²) in [6.07, 6.45) is 0. The lowest BCUT2D eigenvalue weighted by Crippen LogP contribution is -3.24. The van der Waals surface area contributed by atoms with E-state index in [2.05, 4.69) is 0 Å². The van der Waals surface area contributed by atoms with E-state index in [4.69, 9.17) is 9.31 Å². The lowest BCUT2D eigenvalue weighted by molar-refractivity contribution is -0.634. The van der Waals surface area contributed by atoms with Crippen molar-refractivity contribution in [2.75, 3.05) is 0 Å². The van der Waals surface area contributed by atoms with E-state index in [1.807, 2.05) is 32.9 Å². The van der Waals surface area contributed by atoms with E-state index in [1.54, 1.807) is 36.4 Å². The molecule has 0 aliphatic carbocycles. The summed E-state index contributed by atoms with van der Waals surface area (Å²) in [5, 5.41) is 0. The normalized spacial score (nSPS) is 24.3. The molecule has 24 heavy (non-hydrogen) atoms. The fraction of sp³-hybridized carbons (Fsp3) is 0.222. The van der Waals surface area contributed by atoms with Gasteiger partial charge in [0.2, 0.25) is 0 Å². The molecule has 0 radical (unpaired) electrons. The first-order valence-corrected chi connectivity index (χ1v) is 8.02. The molecule has 0 spiro atoms. The topological polar surface area (TPSA) is 57.0 Å². The van der Waals surface area contributed by atoms with Gasteiger partial charge in [0, 0.05) is 0 Å². The van der Waals surface area contributed by atoms with Gasteiger partial charge in [-0.15, -0.1) is 0 Å². The summed E-state index contributed by atoms with van der Waals surface area (Å²) in [4.78, 5) is 26.8. The lowest BCUT2D eigenvalue weighted by Gasteiger charge is -2.43. The second-order valence-corrected chi connectivity index (χ2v) is 7.30. The molecule has 2 atom stereocenters. The third-order valence-electron chi connectivity index (χ3n) is 4.60. The highest BCUT2D eigenvalue weighted by Crippen LogP contribution is 2.37. The average Bonchev–Trinajstić information content (AvgIpc) is 2.88. The summed E-state index contributed by atoms with van der Waals surface area (Å²) in [7, 11) is 0. The van der Waals surface area contributed by atoms with Gasteiger partial charge in [-0.25, -0.2) is 4.79 Å². The molecule has 0 saturated carbocycles. The number of para-hydroxylation sites is 3. The van der Waals surface area contributed by atoms with Crippen molar-refractivity contribution in [2.24, 2.45) is 5.41 Å². The zero-order chi connectivity index (χ0) is 17.1. The second kappa shape index (κ2) is 4.71. The molecule has 4 rings (SSSR count). The molecular weight excluding hydrogens is 305 g/mol. The summed E-state index contributed by atoms with van der Waals surface area (Å²) in [5.74, 6) is 0.724. The van der Waals surface area contributed by atoms with Crippen molar-refractivity contribution in [3.05, 3.63) is 54.1 Å². The molecule has 2 aliphatic rings. The smallest absolute Gasteiger partial charge is 0.624 e. The predicted molar refractivity (Wildman–Crippen MR) is 89.3 cm³/mol. The quantitative estimate of drug-likeness (QED) is 0.815. The van der Waals surface area contributed by atoms with Gasteiger partial charge in [-0.2, -0.15) is 0 Å². The van der Waals surface area contributed by atoms with Crippen molar-refractivity contribution in [3.8, 4) is 11.5 Å². The van der Waals surface area contributed by atoms with Gasteiger partial charge in [-0.1, -0.05) is 45.0 Å². The molecule has 2 heterocycles. The highest BCUT2D eigenvalue weighted by Gasteiger charge is 2.66. The van der Waals surface area contributed by atoms with Gasteiger partial charge < -0.3 is 18.9 Å². The zero-order valence-electron chi connectivity index (χ0n) is 13.8. The minimum atomic E-state index is -2.55. The van der Waals surface area contributed by atoms with Crippen molar-refractivity contribution in [3.63, 3.8) is 0 Å². The molecule has 0 saturated heterocycles. The fourth-order valence-electron chi connectivity index (χ4n) is 3.50. The van der Waals surface area contributed by atoms with Crippen LogP contribution in [0.15, 0.2) is 48.5 Å². The first kappa shape index (κ1) is 15.0. The van der Waals surface area contributed by atoms with Crippen LogP contribution in [0.25, 0.3) is 0 Å². The molecule has 0 bridgehead atoms. The molecule has 1 amide bonds. The third-order valence-corrected chi connectivity index (χ3v) is 4.60. The van der Waals surface area contributed by atoms with Gasteiger partial charge in [-0.05, 0) is 29.7 Å². The van der Waals surface area contributed by atoms with Crippen LogP contribution in [0.1, 0.15) is 31.1 Å². The molecule has 2 unspecified atom stereocenters. The van der Waals surface area contributed by atoms with Crippen LogP contribution < -0.4 is 14.1 Å². The summed E-state index contributed by atoms with van der Waals surface area (Å²) in [6, 6.07) is 14.2. The summed E-state index contributed by atoms with van der Waals surface area (Å²) in [5.41, 5.74) is 0.193. The summed E-state index contributed by atoms with van der Waals surface area (Å²) >= 11 is 0. The van der Waals surface area contributed by atoms with Gasteiger partial charge in [0.15, 0.2) is 0 Å².